The molecule has 0 unspecified atom stereocenters. The Bertz CT molecular complexity index is 767. The second kappa shape index (κ2) is 4.98. The van der Waals surface area contributed by atoms with Gasteiger partial charge in [-0.25, -0.2) is 0 Å². The summed E-state index contributed by atoms with van der Waals surface area (Å²) >= 11 is 3.23. The van der Waals surface area contributed by atoms with E-state index in [2.05, 4.69) is 27.9 Å². The number of carbonyl (C=O) groups excluding carboxylic acids is 1. The molecule has 1 aliphatic rings. The van der Waals surface area contributed by atoms with Gasteiger partial charge in [0.15, 0.2) is 0 Å². The molecule has 100 valence electrons. The first-order chi connectivity index (χ1) is 9.54. The van der Waals surface area contributed by atoms with E-state index in [0.29, 0.717) is 11.1 Å². The lowest BCUT2D eigenvalue weighted by atomic mass is 10.1. The van der Waals surface area contributed by atoms with E-state index in [0.717, 1.165) is 26.2 Å². The maximum Gasteiger partial charge on any atom is 0.324 e. The Morgan fingerprint density at radius 2 is 2.15 bits per heavy atom. The number of amides is 1. The molecule has 0 spiro atoms. The largest absolute Gasteiger partial charge is 0.324 e. The van der Waals surface area contributed by atoms with Gasteiger partial charge < -0.3 is 5.32 Å². The Balaban J connectivity index is 2.05. The molecule has 0 saturated carbocycles. The van der Waals surface area contributed by atoms with E-state index in [1.807, 2.05) is 18.2 Å². The van der Waals surface area contributed by atoms with Gasteiger partial charge in [0.1, 0.15) is 0 Å². The first-order valence-corrected chi connectivity index (χ1v) is 7.56. The topological polar surface area (TPSA) is 72.2 Å². The standard InChI is InChI=1S/C13H7IN2O3S/c14-8-1-2-11-9(5-8)10(13(17)15-11)3-7-4-12(16(18)19)20-6-7/h1-6H,(H,15,17). The Kier molecular flexibility index (Phi) is 3.30. The molecule has 1 aromatic heterocycles. The van der Waals surface area contributed by atoms with Crippen LogP contribution in [-0.2, 0) is 4.79 Å². The summed E-state index contributed by atoms with van der Waals surface area (Å²) in [6, 6.07) is 7.15. The maximum atomic E-state index is 12.0. The van der Waals surface area contributed by atoms with Crippen LogP contribution in [0.4, 0.5) is 10.7 Å². The Morgan fingerprint density at radius 1 is 1.35 bits per heavy atom. The van der Waals surface area contributed by atoms with Crippen LogP contribution in [0, 0.1) is 13.7 Å². The summed E-state index contributed by atoms with van der Waals surface area (Å²) in [6.45, 7) is 0. The van der Waals surface area contributed by atoms with Crippen molar-refractivity contribution in [3.05, 3.63) is 54.5 Å². The molecule has 0 fully saturated rings. The maximum absolute atomic E-state index is 12.0. The van der Waals surface area contributed by atoms with Crippen molar-refractivity contribution in [1.29, 1.82) is 0 Å². The third kappa shape index (κ3) is 2.34. The Morgan fingerprint density at radius 3 is 2.85 bits per heavy atom. The minimum Gasteiger partial charge on any atom is -0.321 e. The summed E-state index contributed by atoms with van der Waals surface area (Å²) < 4.78 is 1.03. The number of thiophene rings is 1. The minimum atomic E-state index is -0.432. The van der Waals surface area contributed by atoms with Crippen molar-refractivity contribution in [2.45, 2.75) is 0 Å². The fourth-order valence-corrected chi connectivity index (χ4v) is 3.15. The number of nitrogens with zero attached hydrogens (tertiary/aromatic N) is 1. The highest BCUT2D eigenvalue weighted by Gasteiger charge is 2.24. The molecular weight excluding hydrogens is 391 g/mol. The van der Waals surface area contributed by atoms with E-state index in [1.165, 1.54) is 6.07 Å². The Hall–Kier alpha value is -1.74. The van der Waals surface area contributed by atoms with Gasteiger partial charge in [0.25, 0.3) is 5.91 Å². The molecule has 20 heavy (non-hydrogen) atoms. The van der Waals surface area contributed by atoms with Crippen LogP contribution in [-0.4, -0.2) is 10.8 Å². The number of hydrogen-bond acceptors (Lipinski definition) is 4. The second-order valence-corrected chi connectivity index (χ2v) is 6.31. The molecule has 0 aliphatic carbocycles. The van der Waals surface area contributed by atoms with Crippen LogP contribution >= 0.6 is 33.9 Å². The van der Waals surface area contributed by atoms with Crippen molar-refractivity contribution >= 4 is 62.2 Å². The van der Waals surface area contributed by atoms with Gasteiger partial charge in [-0.2, -0.15) is 0 Å². The van der Waals surface area contributed by atoms with Crippen molar-refractivity contribution in [3.63, 3.8) is 0 Å². The molecule has 1 aliphatic heterocycles. The Labute approximate surface area is 131 Å². The van der Waals surface area contributed by atoms with Gasteiger partial charge in [-0.1, -0.05) is 11.3 Å². The molecule has 1 N–H and O–H groups in total. The van der Waals surface area contributed by atoms with Crippen molar-refractivity contribution in [3.8, 4) is 0 Å². The zero-order valence-electron chi connectivity index (χ0n) is 9.92. The molecule has 1 aromatic carbocycles. The van der Waals surface area contributed by atoms with E-state index in [-0.39, 0.29) is 10.9 Å². The first-order valence-electron chi connectivity index (χ1n) is 5.60. The molecule has 2 aromatic rings. The van der Waals surface area contributed by atoms with Gasteiger partial charge in [-0.05, 0) is 52.4 Å². The van der Waals surface area contributed by atoms with E-state index < -0.39 is 4.92 Å². The first kappa shape index (κ1) is 13.3. The predicted octanol–water partition coefficient (Wildman–Crippen LogP) is 3.75. The summed E-state index contributed by atoms with van der Waals surface area (Å²) in [5.74, 6) is -0.184. The van der Waals surface area contributed by atoms with Crippen molar-refractivity contribution in [2.24, 2.45) is 0 Å². The predicted molar refractivity (Wildman–Crippen MR) is 86.6 cm³/mol. The fourth-order valence-electron chi connectivity index (χ4n) is 1.98. The van der Waals surface area contributed by atoms with Crippen molar-refractivity contribution in [1.82, 2.24) is 0 Å². The fraction of sp³-hybridized carbons (Fsp3) is 0. The van der Waals surface area contributed by atoms with E-state index in [9.17, 15) is 14.9 Å². The van der Waals surface area contributed by atoms with E-state index >= 15 is 0 Å². The molecule has 1 amide bonds. The van der Waals surface area contributed by atoms with Crippen LogP contribution in [0.5, 0.6) is 0 Å². The van der Waals surface area contributed by atoms with E-state index in [4.69, 9.17) is 0 Å². The third-order valence-corrected chi connectivity index (χ3v) is 4.43. The highest BCUT2D eigenvalue weighted by molar-refractivity contribution is 14.1. The SMILES string of the molecule is O=C1Nc2ccc(I)cc2C1=Cc1csc([N+](=O)[O-])c1. The number of nitrogens with one attached hydrogen (secondary N) is 1. The molecule has 0 saturated heterocycles. The number of carbonyl (C=O) groups is 1. The molecule has 5 nitrogen and oxygen atoms in total. The molecule has 3 rings (SSSR count). The van der Waals surface area contributed by atoms with Gasteiger partial charge in [0.2, 0.25) is 0 Å². The van der Waals surface area contributed by atoms with Gasteiger partial charge in [0.05, 0.1) is 4.92 Å². The highest BCUT2D eigenvalue weighted by atomic mass is 127. The van der Waals surface area contributed by atoms with E-state index in [1.54, 1.807) is 11.5 Å². The lowest BCUT2D eigenvalue weighted by Crippen LogP contribution is -2.03. The molecular formula is C13H7IN2O3S. The summed E-state index contributed by atoms with van der Waals surface area (Å²) in [4.78, 5) is 22.2. The molecule has 0 atom stereocenters. The molecule has 2 heterocycles. The van der Waals surface area contributed by atoms with Gasteiger partial charge in [0, 0.05) is 31.8 Å². The average Bonchev–Trinajstić information content (AvgIpc) is 2.97. The summed E-state index contributed by atoms with van der Waals surface area (Å²) in [5.41, 5.74) is 2.80. The zero-order valence-corrected chi connectivity index (χ0v) is 12.9. The lowest BCUT2D eigenvalue weighted by Gasteiger charge is -1.98. The van der Waals surface area contributed by atoms with Crippen LogP contribution in [0.15, 0.2) is 29.6 Å². The smallest absolute Gasteiger partial charge is 0.321 e. The van der Waals surface area contributed by atoms with Crippen molar-refractivity contribution in [2.75, 3.05) is 5.32 Å². The summed E-state index contributed by atoms with van der Waals surface area (Å²) in [7, 11) is 0. The minimum absolute atomic E-state index is 0.0677. The highest BCUT2D eigenvalue weighted by Crippen LogP contribution is 2.35. The van der Waals surface area contributed by atoms with Gasteiger partial charge in [-0.15, -0.1) is 0 Å². The molecule has 0 radical (unpaired) electrons. The third-order valence-electron chi connectivity index (χ3n) is 2.86. The number of halogens is 1. The normalized spacial score (nSPS) is 15.2. The van der Waals surface area contributed by atoms with Crippen LogP contribution in [0.25, 0.3) is 11.6 Å². The zero-order chi connectivity index (χ0) is 14.3. The number of hydrogen-bond donors (Lipinski definition) is 1. The lowest BCUT2D eigenvalue weighted by molar-refractivity contribution is -0.380. The number of nitro groups is 1. The molecule has 0 bridgehead atoms. The van der Waals surface area contributed by atoms with Crippen LogP contribution in [0.1, 0.15) is 11.1 Å². The number of fused-ring (bicyclic) bond motifs is 1. The molecule has 7 heteroatoms. The number of anilines is 1. The van der Waals surface area contributed by atoms with Gasteiger partial charge in [-0.3, -0.25) is 14.9 Å². The van der Waals surface area contributed by atoms with Crippen molar-refractivity contribution < 1.29 is 9.72 Å². The second-order valence-electron chi connectivity index (χ2n) is 4.18. The van der Waals surface area contributed by atoms with Gasteiger partial charge >= 0.3 is 5.00 Å². The number of rotatable bonds is 2. The summed E-state index contributed by atoms with van der Waals surface area (Å²) in [5, 5.41) is 15.2. The number of benzene rings is 1. The van der Waals surface area contributed by atoms with Crippen LogP contribution in [0.2, 0.25) is 0 Å². The monoisotopic (exact) mass is 398 g/mol. The van der Waals surface area contributed by atoms with Crippen LogP contribution in [0.3, 0.4) is 0 Å². The van der Waals surface area contributed by atoms with Crippen LogP contribution < -0.4 is 5.32 Å². The summed E-state index contributed by atoms with van der Waals surface area (Å²) in [6.07, 6.45) is 1.68. The average molecular weight is 398 g/mol. The quantitative estimate of drug-likeness (QED) is 0.363.